The molecule has 1 aliphatic heterocycles. The number of nitrogens with one attached hydrogen (secondary N) is 2. The third-order valence-corrected chi connectivity index (χ3v) is 5.41. The number of piperazine rings is 1. The van der Waals surface area contributed by atoms with Gasteiger partial charge in [-0.2, -0.15) is 0 Å². The zero-order chi connectivity index (χ0) is 22.2. The molecule has 8 nitrogen and oxygen atoms in total. The number of halogens is 1. The van der Waals surface area contributed by atoms with Gasteiger partial charge in [-0.15, -0.1) is 24.0 Å². The normalized spacial score (nSPS) is 14.6. The highest BCUT2D eigenvalue weighted by atomic mass is 127. The molecule has 3 aromatic rings. The Balaban J connectivity index is 0.00000306. The van der Waals surface area contributed by atoms with Gasteiger partial charge in [-0.25, -0.2) is 15.0 Å². The monoisotopic (exact) mass is 561 g/mol. The summed E-state index contributed by atoms with van der Waals surface area (Å²) in [5, 5.41) is 6.63. The number of rotatable bonds is 7. The average molecular weight is 561 g/mol. The van der Waals surface area contributed by atoms with Crippen LogP contribution in [0.1, 0.15) is 18.2 Å². The van der Waals surface area contributed by atoms with Crippen molar-refractivity contribution in [3.8, 4) is 11.5 Å². The van der Waals surface area contributed by atoms with Gasteiger partial charge < -0.3 is 24.9 Å². The minimum Gasteiger partial charge on any atom is -0.444 e. The van der Waals surface area contributed by atoms with E-state index in [-0.39, 0.29) is 24.0 Å². The average Bonchev–Trinajstić information content (AvgIpc) is 3.31. The molecule has 33 heavy (non-hydrogen) atoms. The van der Waals surface area contributed by atoms with Crippen molar-refractivity contribution in [2.75, 3.05) is 44.7 Å². The number of benzene rings is 1. The van der Waals surface area contributed by atoms with Gasteiger partial charge in [0.2, 0.25) is 5.89 Å². The lowest BCUT2D eigenvalue weighted by molar-refractivity contribution is 0.312. The molecule has 2 aromatic heterocycles. The van der Waals surface area contributed by atoms with Gasteiger partial charge in [-0.05, 0) is 43.8 Å². The van der Waals surface area contributed by atoms with Gasteiger partial charge in [0, 0.05) is 44.5 Å². The highest BCUT2D eigenvalue weighted by Crippen LogP contribution is 2.18. The van der Waals surface area contributed by atoms with Crippen LogP contribution in [0.3, 0.4) is 0 Å². The summed E-state index contributed by atoms with van der Waals surface area (Å²) in [6.07, 6.45) is 3.56. The number of aliphatic imine (C=N–C) groups is 1. The van der Waals surface area contributed by atoms with E-state index >= 15 is 0 Å². The van der Waals surface area contributed by atoms with Gasteiger partial charge in [0.05, 0.1) is 18.8 Å². The predicted molar refractivity (Wildman–Crippen MR) is 143 cm³/mol. The summed E-state index contributed by atoms with van der Waals surface area (Å²) in [6, 6.07) is 14.1. The molecule has 0 amide bonds. The zero-order valence-electron chi connectivity index (χ0n) is 19.2. The molecule has 4 rings (SSSR count). The second-order valence-electron chi connectivity index (χ2n) is 7.87. The number of nitrogens with zero attached hydrogens (tertiary/aromatic N) is 5. The second kappa shape index (κ2) is 12.5. The van der Waals surface area contributed by atoms with E-state index in [4.69, 9.17) is 9.41 Å². The molecule has 2 N–H and O–H groups in total. The number of hydrogen-bond acceptors (Lipinski definition) is 6. The van der Waals surface area contributed by atoms with Crippen LogP contribution in [0.4, 0.5) is 5.82 Å². The molecule has 0 radical (unpaired) electrons. The quantitative estimate of drug-likeness (QED) is 0.260. The van der Waals surface area contributed by atoms with E-state index in [2.05, 4.69) is 50.4 Å². The molecule has 0 spiro atoms. The summed E-state index contributed by atoms with van der Waals surface area (Å²) >= 11 is 0. The molecule has 0 aliphatic carbocycles. The number of oxazole rings is 1. The van der Waals surface area contributed by atoms with Crippen LogP contribution < -0.4 is 15.5 Å². The summed E-state index contributed by atoms with van der Waals surface area (Å²) in [5.74, 6) is 2.40. The van der Waals surface area contributed by atoms with Crippen LogP contribution in [0.2, 0.25) is 0 Å². The lowest BCUT2D eigenvalue weighted by Crippen LogP contribution is -2.44. The molecule has 1 aromatic carbocycles. The van der Waals surface area contributed by atoms with Gasteiger partial charge >= 0.3 is 0 Å². The van der Waals surface area contributed by atoms with Gasteiger partial charge in [-0.3, -0.25) is 0 Å². The topological polar surface area (TPSA) is 81.8 Å². The Morgan fingerprint density at radius 2 is 1.88 bits per heavy atom. The van der Waals surface area contributed by atoms with Crippen molar-refractivity contribution in [2.24, 2.45) is 4.99 Å². The summed E-state index contributed by atoms with van der Waals surface area (Å²) in [4.78, 5) is 18.6. The van der Waals surface area contributed by atoms with E-state index in [1.54, 1.807) is 6.26 Å². The summed E-state index contributed by atoms with van der Waals surface area (Å²) in [7, 11) is 2.16. The highest BCUT2D eigenvalue weighted by molar-refractivity contribution is 14.0. The Morgan fingerprint density at radius 3 is 2.64 bits per heavy atom. The maximum absolute atomic E-state index is 5.62. The van der Waals surface area contributed by atoms with Crippen LogP contribution in [0.5, 0.6) is 0 Å². The molecule has 3 heterocycles. The van der Waals surface area contributed by atoms with E-state index in [0.717, 1.165) is 61.3 Å². The molecule has 176 valence electrons. The minimum absolute atomic E-state index is 0. The molecular weight excluding hydrogens is 529 g/mol. The van der Waals surface area contributed by atoms with E-state index in [1.165, 1.54) is 0 Å². The largest absolute Gasteiger partial charge is 0.444 e. The van der Waals surface area contributed by atoms with Crippen LogP contribution in [-0.2, 0) is 13.1 Å². The Hall–Kier alpha value is -2.66. The van der Waals surface area contributed by atoms with E-state index in [1.807, 2.05) is 42.6 Å². The third-order valence-electron chi connectivity index (χ3n) is 5.41. The molecule has 0 unspecified atom stereocenters. The first-order valence-electron chi connectivity index (χ1n) is 11.1. The fraction of sp³-hybridized carbons (Fsp3) is 0.375. The molecule has 0 saturated carbocycles. The number of anilines is 1. The molecular formula is C24H32IN7O. The number of pyridine rings is 1. The molecule has 9 heteroatoms. The second-order valence-corrected chi connectivity index (χ2v) is 7.87. The smallest absolute Gasteiger partial charge is 0.226 e. The standard InChI is InChI=1S/C24H31N7O.HI/c1-3-25-24(28-17-21-18-32-23(29-21)20-7-5-4-6-8-20)27-16-19-9-10-26-22(15-19)31-13-11-30(2)12-14-31;/h4-10,15,18H,3,11-14,16-17H2,1-2H3,(H2,25,27,28);1H. The van der Waals surface area contributed by atoms with Crippen LogP contribution in [0.15, 0.2) is 64.3 Å². The van der Waals surface area contributed by atoms with E-state index in [9.17, 15) is 0 Å². The molecule has 1 aliphatic rings. The predicted octanol–water partition coefficient (Wildman–Crippen LogP) is 3.36. The van der Waals surface area contributed by atoms with Crippen molar-refractivity contribution >= 4 is 35.8 Å². The fourth-order valence-corrected chi connectivity index (χ4v) is 3.56. The van der Waals surface area contributed by atoms with Crippen molar-refractivity contribution in [1.82, 2.24) is 25.5 Å². The third kappa shape index (κ3) is 7.16. The number of aromatic nitrogens is 2. The van der Waals surface area contributed by atoms with Crippen molar-refractivity contribution in [3.05, 3.63) is 66.2 Å². The Bertz CT molecular complexity index is 1020. The van der Waals surface area contributed by atoms with E-state index < -0.39 is 0 Å². The minimum atomic E-state index is 0. The van der Waals surface area contributed by atoms with Crippen molar-refractivity contribution in [1.29, 1.82) is 0 Å². The molecule has 0 atom stereocenters. The lowest BCUT2D eigenvalue weighted by atomic mass is 10.2. The van der Waals surface area contributed by atoms with Crippen molar-refractivity contribution < 1.29 is 4.42 Å². The lowest BCUT2D eigenvalue weighted by Gasteiger charge is -2.33. The van der Waals surface area contributed by atoms with Crippen LogP contribution in [-0.4, -0.2) is 60.6 Å². The molecule has 1 saturated heterocycles. The van der Waals surface area contributed by atoms with Crippen LogP contribution >= 0.6 is 24.0 Å². The SMILES string of the molecule is CCNC(=NCc1ccnc(N2CCN(C)CC2)c1)NCc1coc(-c2ccccc2)n1.I. The number of hydrogen-bond donors (Lipinski definition) is 2. The number of guanidine groups is 1. The maximum atomic E-state index is 5.62. The zero-order valence-corrected chi connectivity index (χ0v) is 21.5. The number of likely N-dealkylation sites (N-methyl/N-ethyl adjacent to an activating group) is 1. The molecule has 1 fully saturated rings. The van der Waals surface area contributed by atoms with Gasteiger partial charge in [0.1, 0.15) is 12.1 Å². The van der Waals surface area contributed by atoms with Crippen LogP contribution in [0, 0.1) is 0 Å². The first-order valence-corrected chi connectivity index (χ1v) is 11.1. The first kappa shape index (κ1) is 25.0. The fourth-order valence-electron chi connectivity index (χ4n) is 3.56. The Kier molecular flexibility index (Phi) is 9.49. The maximum Gasteiger partial charge on any atom is 0.226 e. The van der Waals surface area contributed by atoms with Gasteiger partial charge in [0.25, 0.3) is 0 Å². The van der Waals surface area contributed by atoms with Gasteiger partial charge in [-0.1, -0.05) is 18.2 Å². The highest BCUT2D eigenvalue weighted by Gasteiger charge is 2.15. The Morgan fingerprint density at radius 1 is 1.09 bits per heavy atom. The van der Waals surface area contributed by atoms with Crippen molar-refractivity contribution in [2.45, 2.75) is 20.0 Å². The summed E-state index contributed by atoms with van der Waals surface area (Å²) in [6.45, 7) is 8.07. The summed E-state index contributed by atoms with van der Waals surface area (Å²) in [5.41, 5.74) is 2.93. The first-order chi connectivity index (χ1) is 15.7. The van der Waals surface area contributed by atoms with Crippen molar-refractivity contribution in [3.63, 3.8) is 0 Å². The van der Waals surface area contributed by atoms with Crippen LogP contribution in [0.25, 0.3) is 11.5 Å². The van der Waals surface area contributed by atoms with Gasteiger partial charge in [0.15, 0.2) is 5.96 Å². The summed E-state index contributed by atoms with van der Waals surface area (Å²) < 4.78 is 5.62. The van der Waals surface area contributed by atoms with E-state index in [0.29, 0.717) is 19.0 Å². The molecule has 0 bridgehead atoms. The Labute approximate surface area is 212 Å².